The van der Waals surface area contributed by atoms with E-state index in [0.29, 0.717) is 5.76 Å². The van der Waals surface area contributed by atoms with Gasteiger partial charge in [-0.1, -0.05) is 36.9 Å². The zero-order valence-corrected chi connectivity index (χ0v) is 20.5. The first-order chi connectivity index (χ1) is 16.4. The number of aromatic amines is 1. The van der Waals surface area contributed by atoms with Gasteiger partial charge < -0.3 is 24.5 Å². The number of nitrogens with one attached hydrogen (secondary N) is 3. The molecule has 178 valence electrons. The molecule has 2 atom stereocenters. The van der Waals surface area contributed by atoms with Gasteiger partial charge in [-0.2, -0.15) is 0 Å². The number of rotatable bonds is 9. The van der Waals surface area contributed by atoms with Crippen molar-refractivity contribution in [2.24, 2.45) is 0 Å². The van der Waals surface area contributed by atoms with Gasteiger partial charge in [0.2, 0.25) is 5.91 Å². The second-order valence-corrected chi connectivity index (χ2v) is 7.99. The summed E-state index contributed by atoms with van der Waals surface area (Å²) in [5.74, 6) is -0.0123. The predicted molar refractivity (Wildman–Crippen MR) is 140 cm³/mol. The molecule has 34 heavy (non-hydrogen) atoms. The zero-order valence-electron chi connectivity index (χ0n) is 19.7. The van der Waals surface area contributed by atoms with Crippen molar-refractivity contribution < 1.29 is 19.0 Å². The molecule has 0 saturated carbocycles. The first kappa shape index (κ1) is 25.2. The van der Waals surface area contributed by atoms with Crippen molar-refractivity contribution in [1.82, 2.24) is 10.3 Å². The largest absolute Gasteiger partial charge is 0.499 e. The minimum atomic E-state index is -0.556. The Morgan fingerprint density at radius 2 is 1.88 bits per heavy atom. The third kappa shape index (κ3) is 5.91. The summed E-state index contributed by atoms with van der Waals surface area (Å²) in [4.78, 5) is 15.8. The highest BCUT2D eigenvalue weighted by Crippen LogP contribution is 2.30. The number of benzene rings is 2. The molecule has 0 spiro atoms. The fourth-order valence-corrected chi connectivity index (χ4v) is 3.91. The Balaban J connectivity index is 1.66. The molecule has 1 heterocycles. The molecule has 1 amide bonds. The number of carbonyl (C=O) groups excluding carboxylic acids is 1. The number of fused-ring (bicyclic) bond motifs is 1. The molecule has 8 heteroatoms. The van der Waals surface area contributed by atoms with E-state index in [0.717, 1.165) is 22.5 Å². The molecule has 3 aromatic rings. The van der Waals surface area contributed by atoms with Gasteiger partial charge in [0, 0.05) is 48.1 Å². The summed E-state index contributed by atoms with van der Waals surface area (Å²) in [6.45, 7) is 5.88. The standard InChI is InChI=1S/C26H29N3O4S/c1-16-20-11-6-7-12-21(20)28-24(16)18-9-8-10-19(15-18)27-26(34)29-23(30)14-13-22(32-4)25(33-5)17(2)31-3/h6-15,22,25,28H,2H2,1,3-5H3,(H2,27,29,30,34)/b14-13+. The Morgan fingerprint density at radius 3 is 2.56 bits per heavy atom. The number of anilines is 1. The Morgan fingerprint density at radius 1 is 1.12 bits per heavy atom. The van der Waals surface area contributed by atoms with E-state index in [-0.39, 0.29) is 5.11 Å². The summed E-state index contributed by atoms with van der Waals surface area (Å²) < 4.78 is 15.9. The molecule has 2 aromatic carbocycles. The van der Waals surface area contributed by atoms with Crippen molar-refractivity contribution in [3.8, 4) is 11.3 Å². The molecule has 2 unspecified atom stereocenters. The number of methoxy groups -OCH3 is 3. The number of para-hydroxylation sites is 1. The summed E-state index contributed by atoms with van der Waals surface area (Å²) in [6, 6.07) is 16.0. The van der Waals surface area contributed by atoms with Crippen LogP contribution < -0.4 is 10.6 Å². The van der Waals surface area contributed by atoms with Gasteiger partial charge in [-0.05, 0) is 49.0 Å². The maximum atomic E-state index is 12.4. The monoisotopic (exact) mass is 479 g/mol. The molecule has 0 saturated heterocycles. The first-order valence-electron chi connectivity index (χ1n) is 10.6. The number of aromatic nitrogens is 1. The van der Waals surface area contributed by atoms with Gasteiger partial charge in [0.1, 0.15) is 18.0 Å². The van der Waals surface area contributed by atoms with Crippen LogP contribution in [0.2, 0.25) is 0 Å². The van der Waals surface area contributed by atoms with Crippen molar-refractivity contribution >= 4 is 39.8 Å². The van der Waals surface area contributed by atoms with Gasteiger partial charge in [-0.15, -0.1) is 0 Å². The number of thiocarbonyl (C=S) groups is 1. The average molecular weight is 480 g/mol. The first-order valence-corrected chi connectivity index (χ1v) is 11.0. The lowest BCUT2D eigenvalue weighted by molar-refractivity contribution is -0.115. The van der Waals surface area contributed by atoms with Crippen LogP contribution in [0.5, 0.6) is 0 Å². The van der Waals surface area contributed by atoms with E-state index in [2.05, 4.69) is 41.3 Å². The zero-order chi connectivity index (χ0) is 24.7. The molecular formula is C26H29N3O4S. The normalized spacial score (nSPS) is 12.9. The molecule has 3 N–H and O–H groups in total. The number of amides is 1. The van der Waals surface area contributed by atoms with E-state index < -0.39 is 18.1 Å². The third-order valence-electron chi connectivity index (χ3n) is 5.45. The van der Waals surface area contributed by atoms with E-state index in [4.69, 9.17) is 26.4 Å². The van der Waals surface area contributed by atoms with E-state index in [9.17, 15) is 4.79 Å². The van der Waals surface area contributed by atoms with Crippen LogP contribution >= 0.6 is 12.2 Å². The molecule has 7 nitrogen and oxygen atoms in total. The van der Waals surface area contributed by atoms with Crippen LogP contribution in [0.15, 0.2) is 73.0 Å². The lowest BCUT2D eigenvalue weighted by atomic mass is 10.1. The van der Waals surface area contributed by atoms with Gasteiger partial charge in [0.05, 0.1) is 7.11 Å². The van der Waals surface area contributed by atoms with Gasteiger partial charge in [-0.25, -0.2) is 0 Å². The topological polar surface area (TPSA) is 84.6 Å². The fraction of sp³-hybridized carbons (Fsp3) is 0.231. The Hall–Kier alpha value is -3.46. The van der Waals surface area contributed by atoms with Crippen LogP contribution in [-0.2, 0) is 19.0 Å². The Labute approximate surface area is 204 Å². The molecule has 0 bridgehead atoms. The van der Waals surface area contributed by atoms with Crippen molar-refractivity contribution in [2.45, 2.75) is 19.1 Å². The van der Waals surface area contributed by atoms with E-state index >= 15 is 0 Å². The third-order valence-corrected chi connectivity index (χ3v) is 5.66. The van der Waals surface area contributed by atoms with Gasteiger partial charge >= 0.3 is 0 Å². The molecule has 0 radical (unpaired) electrons. The van der Waals surface area contributed by atoms with Crippen LogP contribution in [0.25, 0.3) is 22.2 Å². The quantitative estimate of drug-likeness (QED) is 0.234. The van der Waals surface area contributed by atoms with Crippen molar-refractivity contribution in [1.29, 1.82) is 0 Å². The SMILES string of the molecule is C=C(OC)C(OC)C(/C=C/C(=O)NC(=S)Nc1cccc(-c2[nH]c3ccccc3c2C)c1)OC. The van der Waals surface area contributed by atoms with Crippen LogP contribution in [-0.4, -0.2) is 49.5 Å². The van der Waals surface area contributed by atoms with Gasteiger partial charge in [0.15, 0.2) is 5.11 Å². The van der Waals surface area contributed by atoms with Crippen LogP contribution in [0, 0.1) is 6.92 Å². The van der Waals surface area contributed by atoms with Crippen molar-refractivity contribution in [2.75, 3.05) is 26.6 Å². The fourth-order valence-electron chi connectivity index (χ4n) is 3.69. The summed E-state index contributed by atoms with van der Waals surface area (Å²) in [7, 11) is 4.52. The second-order valence-electron chi connectivity index (χ2n) is 7.58. The number of H-pyrrole nitrogens is 1. The highest BCUT2D eigenvalue weighted by atomic mass is 32.1. The summed E-state index contributed by atoms with van der Waals surface area (Å²) >= 11 is 5.32. The maximum Gasteiger partial charge on any atom is 0.249 e. The van der Waals surface area contributed by atoms with Crippen LogP contribution in [0.1, 0.15) is 5.56 Å². The minimum absolute atomic E-state index is 0.179. The molecule has 1 aromatic heterocycles. The summed E-state index contributed by atoms with van der Waals surface area (Å²) in [5, 5.41) is 7.06. The number of hydrogen-bond donors (Lipinski definition) is 3. The highest BCUT2D eigenvalue weighted by Gasteiger charge is 2.22. The smallest absolute Gasteiger partial charge is 0.249 e. The Bertz CT molecular complexity index is 1220. The summed E-state index contributed by atoms with van der Waals surface area (Å²) in [6.07, 6.45) is 1.79. The maximum absolute atomic E-state index is 12.4. The van der Waals surface area contributed by atoms with E-state index in [1.54, 1.807) is 6.08 Å². The molecule has 0 aliphatic rings. The predicted octanol–water partition coefficient (Wildman–Crippen LogP) is 4.70. The molecule has 0 aliphatic carbocycles. The Kier molecular flexibility index (Phi) is 8.59. The van der Waals surface area contributed by atoms with Crippen molar-refractivity contribution in [3.63, 3.8) is 0 Å². The minimum Gasteiger partial charge on any atom is -0.499 e. The van der Waals surface area contributed by atoms with Crippen LogP contribution in [0.3, 0.4) is 0 Å². The van der Waals surface area contributed by atoms with Crippen LogP contribution in [0.4, 0.5) is 5.69 Å². The number of aryl methyl sites for hydroxylation is 1. The lowest BCUT2D eigenvalue weighted by Gasteiger charge is -2.23. The van der Waals surface area contributed by atoms with Gasteiger partial charge in [-0.3, -0.25) is 10.1 Å². The number of hydrogen-bond acceptors (Lipinski definition) is 5. The summed E-state index contributed by atoms with van der Waals surface area (Å²) in [5.41, 5.74) is 5.07. The molecule has 3 rings (SSSR count). The van der Waals surface area contributed by atoms with Gasteiger partial charge in [0.25, 0.3) is 0 Å². The second kappa shape index (κ2) is 11.6. The lowest BCUT2D eigenvalue weighted by Crippen LogP contribution is -2.34. The average Bonchev–Trinajstić information content (AvgIpc) is 3.18. The molecule has 0 aliphatic heterocycles. The molecule has 0 fully saturated rings. The van der Waals surface area contributed by atoms with E-state index in [1.165, 1.54) is 38.4 Å². The number of carbonyl (C=O) groups is 1. The number of ether oxygens (including phenoxy) is 3. The van der Waals surface area contributed by atoms with E-state index in [1.807, 2.05) is 36.4 Å². The van der Waals surface area contributed by atoms with Crippen molar-refractivity contribution in [3.05, 3.63) is 78.6 Å². The highest BCUT2D eigenvalue weighted by molar-refractivity contribution is 7.80. The molecular weight excluding hydrogens is 450 g/mol.